The largest absolute Gasteiger partial charge is 0.305 e. The summed E-state index contributed by atoms with van der Waals surface area (Å²) in [5.41, 5.74) is 0. The van der Waals surface area contributed by atoms with Crippen LogP contribution in [-0.2, 0) is 10.2 Å². The average molecular weight is 164 g/mol. The van der Waals surface area contributed by atoms with Gasteiger partial charge in [0.05, 0.1) is 5.25 Å². The van der Waals surface area contributed by atoms with Gasteiger partial charge in [-0.2, -0.15) is 8.42 Å². The second-order valence-corrected chi connectivity index (χ2v) is 4.00. The molecule has 10 heavy (non-hydrogen) atoms. The molecule has 1 unspecified atom stereocenters. The third kappa shape index (κ3) is 1.80. The lowest BCUT2D eigenvalue weighted by molar-refractivity contribution is 0.523. The summed E-state index contributed by atoms with van der Waals surface area (Å²) in [7, 11) is -4.28. The molecular weight excluding hydrogens is 155 g/mol. The van der Waals surface area contributed by atoms with Crippen LogP contribution in [0.25, 0.3) is 0 Å². The molecule has 0 saturated heterocycles. The maximum Gasteiger partial charge on any atom is 0.305 e. The van der Waals surface area contributed by atoms with Gasteiger partial charge in [-0.1, -0.05) is 12.2 Å². The zero-order valence-corrected chi connectivity index (χ0v) is 6.27. The van der Waals surface area contributed by atoms with Crippen molar-refractivity contribution in [2.24, 2.45) is 0 Å². The van der Waals surface area contributed by atoms with Crippen LogP contribution < -0.4 is 0 Å². The van der Waals surface area contributed by atoms with Gasteiger partial charge in [0.2, 0.25) is 0 Å². The van der Waals surface area contributed by atoms with E-state index < -0.39 is 15.5 Å². The van der Waals surface area contributed by atoms with Crippen LogP contribution in [-0.4, -0.2) is 13.7 Å². The first-order valence-corrected chi connectivity index (χ1v) is 4.64. The van der Waals surface area contributed by atoms with Crippen LogP contribution in [0, 0.1) is 0 Å². The molecule has 2 nitrogen and oxygen atoms in total. The first kappa shape index (κ1) is 7.72. The fourth-order valence-corrected chi connectivity index (χ4v) is 1.78. The topological polar surface area (TPSA) is 34.1 Å². The first-order chi connectivity index (χ1) is 4.61. The van der Waals surface area contributed by atoms with Crippen molar-refractivity contribution in [1.82, 2.24) is 0 Å². The van der Waals surface area contributed by atoms with Crippen LogP contribution >= 0.6 is 0 Å². The molecule has 0 aliphatic heterocycles. The molecule has 0 N–H and O–H groups in total. The molecule has 0 heterocycles. The molecule has 0 amide bonds. The van der Waals surface area contributed by atoms with Gasteiger partial charge in [0.25, 0.3) is 0 Å². The SMILES string of the molecule is O=S(=O)(F)C1CC=CCC1. The van der Waals surface area contributed by atoms with Crippen LogP contribution in [0.2, 0.25) is 0 Å². The summed E-state index contributed by atoms with van der Waals surface area (Å²) in [5.74, 6) is 0. The maximum atomic E-state index is 12.2. The normalized spacial score (nSPS) is 26.7. The number of hydrogen-bond acceptors (Lipinski definition) is 2. The monoisotopic (exact) mass is 164 g/mol. The Kier molecular flexibility index (Phi) is 2.08. The van der Waals surface area contributed by atoms with E-state index in [1.54, 1.807) is 6.08 Å². The Morgan fingerprint density at radius 2 is 2.10 bits per heavy atom. The summed E-state index contributed by atoms with van der Waals surface area (Å²) in [6, 6.07) is 0. The second-order valence-electron chi connectivity index (χ2n) is 2.38. The lowest BCUT2D eigenvalue weighted by Gasteiger charge is -2.11. The molecule has 0 bridgehead atoms. The maximum absolute atomic E-state index is 12.2. The predicted octanol–water partition coefficient (Wildman–Crippen LogP) is 1.39. The summed E-state index contributed by atoms with van der Waals surface area (Å²) in [6.45, 7) is 0. The molecule has 1 rings (SSSR count). The molecule has 0 aromatic carbocycles. The van der Waals surface area contributed by atoms with Crippen molar-refractivity contribution in [2.45, 2.75) is 24.5 Å². The Morgan fingerprint density at radius 1 is 1.40 bits per heavy atom. The smallest absolute Gasteiger partial charge is 0.195 e. The van der Waals surface area contributed by atoms with Gasteiger partial charge in [0, 0.05) is 0 Å². The standard InChI is InChI=1S/C6H9FO2S/c7-10(8,9)6-4-2-1-3-5-6/h1-2,6H,3-5H2. The van der Waals surface area contributed by atoms with E-state index >= 15 is 0 Å². The average Bonchev–Trinajstić information content (AvgIpc) is 1.88. The number of rotatable bonds is 1. The van der Waals surface area contributed by atoms with Gasteiger partial charge in [0.15, 0.2) is 0 Å². The van der Waals surface area contributed by atoms with E-state index in [-0.39, 0.29) is 0 Å². The van der Waals surface area contributed by atoms with E-state index in [2.05, 4.69) is 0 Å². The number of allylic oxidation sites excluding steroid dienone is 2. The number of hydrogen-bond donors (Lipinski definition) is 0. The summed E-state index contributed by atoms with van der Waals surface area (Å²) >= 11 is 0. The van der Waals surface area contributed by atoms with E-state index in [1.807, 2.05) is 6.08 Å². The highest BCUT2D eigenvalue weighted by Crippen LogP contribution is 2.19. The molecule has 0 saturated carbocycles. The Bertz CT molecular complexity index is 230. The van der Waals surface area contributed by atoms with Gasteiger partial charge in [-0.3, -0.25) is 0 Å². The van der Waals surface area contributed by atoms with E-state index in [0.29, 0.717) is 19.3 Å². The first-order valence-electron chi connectivity index (χ1n) is 3.19. The minimum Gasteiger partial charge on any atom is -0.195 e. The third-order valence-electron chi connectivity index (χ3n) is 1.62. The molecule has 1 atom stereocenters. The Labute approximate surface area is 60.0 Å². The molecule has 0 spiro atoms. The molecule has 1 aliphatic carbocycles. The third-order valence-corrected chi connectivity index (χ3v) is 2.84. The Balaban J connectivity index is 2.67. The summed E-state index contributed by atoms with van der Waals surface area (Å²) in [4.78, 5) is 0. The highest BCUT2D eigenvalue weighted by molar-refractivity contribution is 7.87. The zero-order valence-electron chi connectivity index (χ0n) is 5.46. The summed E-state index contributed by atoms with van der Waals surface area (Å²) in [5, 5.41) is -0.780. The van der Waals surface area contributed by atoms with E-state index in [4.69, 9.17) is 0 Å². The molecule has 0 aromatic heterocycles. The van der Waals surface area contributed by atoms with Crippen LogP contribution in [0.15, 0.2) is 12.2 Å². The number of halogens is 1. The molecule has 4 heteroatoms. The van der Waals surface area contributed by atoms with Gasteiger partial charge < -0.3 is 0 Å². The van der Waals surface area contributed by atoms with Crippen LogP contribution in [0.1, 0.15) is 19.3 Å². The van der Waals surface area contributed by atoms with Crippen molar-refractivity contribution in [1.29, 1.82) is 0 Å². The van der Waals surface area contributed by atoms with E-state index in [9.17, 15) is 12.3 Å². The molecule has 58 valence electrons. The van der Waals surface area contributed by atoms with Gasteiger partial charge in [-0.25, -0.2) is 0 Å². The molecular formula is C6H9FO2S. The van der Waals surface area contributed by atoms with Gasteiger partial charge >= 0.3 is 10.2 Å². The van der Waals surface area contributed by atoms with Crippen LogP contribution in [0.5, 0.6) is 0 Å². The lowest BCUT2D eigenvalue weighted by Crippen LogP contribution is -2.17. The zero-order chi connectivity index (χ0) is 7.61. The highest BCUT2D eigenvalue weighted by Gasteiger charge is 2.24. The molecule has 0 aromatic rings. The minimum atomic E-state index is -4.28. The Morgan fingerprint density at radius 3 is 2.40 bits per heavy atom. The van der Waals surface area contributed by atoms with Crippen molar-refractivity contribution < 1.29 is 12.3 Å². The highest BCUT2D eigenvalue weighted by atomic mass is 32.3. The van der Waals surface area contributed by atoms with Crippen LogP contribution in [0.3, 0.4) is 0 Å². The van der Waals surface area contributed by atoms with Crippen LogP contribution in [0.4, 0.5) is 3.89 Å². The van der Waals surface area contributed by atoms with Gasteiger partial charge in [-0.05, 0) is 19.3 Å². The van der Waals surface area contributed by atoms with E-state index in [0.717, 1.165) is 0 Å². The minimum absolute atomic E-state index is 0.332. The van der Waals surface area contributed by atoms with Gasteiger partial charge in [0.1, 0.15) is 0 Å². The fraction of sp³-hybridized carbons (Fsp3) is 0.667. The fourth-order valence-electron chi connectivity index (χ4n) is 1.02. The quantitative estimate of drug-likeness (QED) is 0.433. The summed E-state index contributed by atoms with van der Waals surface area (Å²) < 4.78 is 32.8. The molecule has 0 radical (unpaired) electrons. The van der Waals surface area contributed by atoms with Crippen molar-refractivity contribution in [3.8, 4) is 0 Å². The van der Waals surface area contributed by atoms with Gasteiger partial charge in [-0.15, -0.1) is 3.89 Å². The molecule has 0 fully saturated rings. The summed E-state index contributed by atoms with van der Waals surface area (Å²) in [6.07, 6.45) is 5.02. The van der Waals surface area contributed by atoms with Crippen molar-refractivity contribution in [2.75, 3.05) is 0 Å². The second kappa shape index (κ2) is 2.70. The van der Waals surface area contributed by atoms with Crippen molar-refractivity contribution in [3.63, 3.8) is 0 Å². The predicted molar refractivity (Wildman–Crippen MR) is 36.8 cm³/mol. The molecule has 1 aliphatic rings. The van der Waals surface area contributed by atoms with E-state index in [1.165, 1.54) is 0 Å². The Hall–Kier alpha value is -0.380. The lowest BCUT2D eigenvalue weighted by atomic mass is 10.1. The van der Waals surface area contributed by atoms with Crippen molar-refractivity contribution >= 4 is 10.2 Å². The van der Waals surface area contributed by atoms with Crippen molar-refractivity contribution in [3.05, 3.63) is 12.2 Å².